The highest BCUT2D eigenvalue weighted by atomic mass is 16.5. The molecule has 0 N–H and O–H groups in total. The molecular formula is C21H21N5O3. The first-order chi connectivity index (χ1) is 14.2. The Bertz CT molecular complexity index is 1090. The second kappa shape index (κ2) is 7.27. The maximum Gasteiger partial charge on any atom is 0.276 e. The number of likely N-dealkylation sites (tertiary alicyclic amines) is 1. The lowest BCUT2D eigenvalue weighted by atomic mass is 10.2. The van der Waals surface area contributed by atoms with Crippen molar-refractivity contribution in [3.8, 4) is 11.3 Å². The molecule has 3 aromatic rings. The van der Waals surface area contributed by atoms with Gasteiger partial charge in [0.05, 0.1) is 18.3 Å². The van der Waals surface area contributed by atoms with Crippen LogP contribution in [0.4, 0.5) is 0 Å². The molecule has 0 aromatic carbocycles. The van der Waals surface area contributed by atoms with E-state index in [-0.39, 0.29) is 23.2 Å². The molecule has 2 fully saturated rings. The fourth-order valence-corrected chi connectivity index (χ4v) is 3.85. The molecule has 8 nitrogen and oxygen atoms in total. The molecule has 1 aliphatic heterocycles. The predicted octanol–water partition coefficient (Wildman–Crippen LogP) is 2.48. The van der Waals surface area contributed by atoms with E-state index in [1.165, 1.54) is 4.68 Å². The third-order valence-corrected chi connectivity index (χ3v) is 5.58. The maximum absolute atomic E-state index is 13.0. The van der Waals surface area contributed by atoms with Crippen molar-refractivity contribution in [3.05, 3.63) is 64.5 Å². The van der Waals surface area contributed by atoms with Gasteiger partial charge in [0, 0.05) is 42.6 Å². The van der Waals surface area contributed by atoms with E-state index in [2.05, 4.69) is 15.2 Å². The molecule has 1 amide bonds. The van der Waals surface area contributed by atoms with E-state index in [1.54, 1.807) is 35.5 Å². The fraction of sp³-hybridized carbons (Fsp3) is 0.381. The van der Waals surface area contributed by atoms with E-state index in [4.69, 9.17) is 4.52 Å². The molecule has 0 spiro atoms. The lowest BCUT2D eigenvalue weighted by Gasteiger charge is -2.24. The van der Waals surface area contributed by atoms with Gasteiger partial charge in [-0.3, -0.25) is 14.6 Å². The van der Waals surface area contributed by atoms with Gasteiger partial charge in [0.25, 0.3) is 11.5 Å². The zero-order valence-corrected chi connectivity index (χ0v) is 15.9. The Morgan fingerprint density at radius 2 is 2.10 bits per heavy atom. The summed E-state index contributed by atoms with van der Waals surface area (Å²) < 4.78 is 6.86. The summed E-state index contributed by atoms with van der Waals surface area (Å²) in [6.07, 6.45) is 7.32. The SMILES string of the molecule is O=C(c1cc(-c2cccnc2)on1)N1CCCC1Cn1nc(C2CC2)ccc1=O. The summed E-state index contributed by atoms with van der Waals surface area (Å²) in [6.45, 7) is 1.04. The van der Waals surface area contributed by atoms with Crippen molar-refractivity contribution < 1.29 is 9.32 Å². The van der Waals surface area contributed by atoms with Gasteiger partial charge >= 0.3 is 0 Å². The summed E-state index contributed by atoms with van der Waals surface area (Å²) in [5.74, 6) is 0.800. The van der Waals surface area contributed by atoms with E-state index >= 15 is 0 Å². The van der Waals surface area contributed by atoms with Crippen molar-refractivity contribution in [1.82, 2.24) is 24.8 Å². The van der Waals surface area contributed by atoms with Crippen LogP contribution in [0.3, 0.4) is 0 Å². The molecule has 1 aliphatic carbocycles. The maximum atomic E-state index is 13.0. The van der Waals surface area contributed by atoms with Gasteiger partial charge in [-0.1, -0.05) is 5.16 Å². The predicted molar refractivity (Wildman–Crippen MR) is 104 cm³/mol. The van der Waals surface area contributed by atoms with Crippen LogP contribution in [0.25, 0.3) is 11.3 Å². The van der Waals surface area contributed by atoms with Gasteiger partial charge in [0.2, 0.25) is 0 Å². The molecule has 29 heavy (non-hydrogen) atoms. The van der Waals surface area contributed by atoms with Crippen molar-refractivity contribution in [1.29, 1.82) is 0 Å². The molecule has 1 unspecified atom stereocenters. The van der Waals surface area contributed by atoms with Crippen molar-refractivity contribution in [3.63, 3.8) is 0 Å². The van der Waals surface area contributed by atoms with Crippen LogP contribution >= 0.6 is 0 Å². The van der Waals surface area contributed by atoms with Crippen molar-refractivity contribution >= 4 is 5.91 Å². The Labute approximate surface area is 167 Å². The summed E-state index contributed by atoms with van der Waals surface area (Å²) in [4.78, 5) is 31.2. The number of carbonyl (C=O) groups excluding carboxylic acids is 1. The van der Waals surface area contributed by atoms with Crippen LogP contribution in [0.2, 0.25) is 0 Å². The Kier molecular flexibility index (Phi) is 4.46. The molecule has 148 valence electrons. The summed E-state index contributed by atoms with van der Waals surface area (Å²) in [7, 11) is 0. The van der Waals surface area contributed by atoms with Crippen LogP contribution in [0.15, 0.2) is 52.0 Å². The standard InChI is InChI=1S/C21H21N5O3/c27-20-8-7-17(14-5-6-14)23-26(20)13-16-4-2-10-25(16)21(28)18-11-19(29-24-18)15-3-1-9-22-12-15/h1,3,7-9,11-12,14,16H,2,4-6,10,13H2. The summed E-state index contributed by atoms with van der Waals surface area (Å²) in [6, 6.07) is 8.62. The molecular weight excluding hydrogens is 370 g/mol. The Morgan fingerprint density at radius 3 is 2.90 bits per heavy atom. The summed E-state index contributed by atoms with van der Waals surface area (Å²) >= 11 is 0. The Balaban J connectivity index is 1.34. The van der Waals surface area contributed by atoms with Crippen LogP contribution in [0.1, 0.15) is 47.8 Å². The zero-order valence-electron chi connectivity index (χ0n) is 15.9. The van der Waals surface area contributed by atoms with Gasteiger partial charge in [-0.25, -0.2) is 4.68 Å². The minimum atomic E-state index is -0.183. The number of hydrogen-bond acceptors (Lipinski definition) is 6. The zero-order chi connectivity index (χ0) is 19.8. The largest absolute Gasteiger partial charge is 0.355 e. The topological polar surface area (TPSA) is 94.1 Å². The van der Waals surface area contributed by atoms with Gasteiger partial charge in [-0.05, 0) is 43.9 Å². The van der Waals surface area contributed by atoms with E-state index in [9.17, 15) is 9.59 Å². The summed E-state index contributed by atoms with van der Waals surface area (Å²) in [5, 5.41) is 8.50. The lowest BCUT2D eigenvalue weighted by Crippen LogP contribution is -2.40. The van der Waals surface area contributed by atoms with Crippen LogP contribution in [0.5, 0.6) is 0 Å². The average molecular weight is 391 g/mol. The third-order valence-electron chi connectivity index (χ3n) is 5.58. The van der Waals surface area contributed by atoms with Crippen LogP contribution in [-0.4, -0.2) is 43.3 Å². The van der Waals surface area contributed by atoms with Gasteiger partial charge in [0.1, 0.15) is 0 Å². The van der Waals surface area contributed by atoms with Crippen molar-refractivity contribution in [2.24, 2.45) is 0 Å². The van der Waals surface area contributed by atoms with E-state index in [0.29, 0.717) is 24.8 Å². The Morgan fingerprint density at radius 1 is 1.21 bits per heavy atom. The van der Waals surface area contributed by atoms with Gasteiger partial charge in [0.15, 0.2) is 11.5 Å². The normalized spacial score (nSPS) is 18.9. The van der Waals surface area contributed by atoms with Crippen molar-refractivity contribution in [2.75, 3.05) is 6.54 Å². The lowest BCUT2D eigenvalue weighted by molar-refractivity contribution is 0.0710. The molecule has 1 saturated heterocycles. The van der Waals surface area contributed by atoms with Crippen LogP contribution in [-0.2, 0) is 6.54 Å². The molecule has 4 heterocycles. The minimum absolute atomic E-state index is 0.0827. The third kappa shape index (κ3) is 3.57. The highest BCUT2D eigenvalue weighted by Crippen LogP contribution is 2.38. The van der Waals surface area contributed by atoms with E-state index < -0.39 is 0 Å². The second-order valence-corrected chi connectivity index (χ2v) is 7.67. The van der Waals surface area contributed by atoms with E-state index in [0.717, 1.165) is 36.9 Å². The number of hydrogen-bond donors (Lipinski definition) is 0. The molecule has 5 rings (SSSR count). The number of rotatable bonds is 5. The van der Waals surface area contributed by atoms with Crippen molar-refractivity contribution in [2.45, 2.75) is 44.2 Å². The van der Waals surface area contributed by atoms with Crippen LogP contribution in [0, 0.1) is 0 Å². The average Bonchev–Trinajstić information content (AvgIpc) is 3.30. The molecule has 8 heteroatoms. The quantitative estimate of drug-likeness (QED) is 0.663. The summed E-state index contributed by atoms with van der Waals surface area (Å²) in [5.41, 5.74) is 1.87. The number of amides is 1. The fourth-order valence-electron chi connectivity index (χ4n) is 3.85. The van der Waals surface area contributed by atoms with Gasteiger partial charge in [-0.2, -0.15) is 5.10 Å². The molecule has 0 bridgehead atoms. The molecule has 2 aliphatic rings. The number of pyridine rings is 1. The molecule has 3 aromatic heterocycles. The number of aromatic nitrogens is 4. The monoisotopic (exact) mass is 391 g/mol. The van der Waals surface area contributed by atoms with Gasteiger partial charge < -0.3 is 9.42 Å². The smallest absolute Gasteiger partial charge is 0.276 e. The molecule has 0 radical (unpaired) electrons. The highest BCUT2D eigenvalue weighted by Gasteiger charge is 2.32. The van der Waals surface area contributed by atoms with Gasteiger partial charge in [-0.15, -0.1) is 0 Å². The second-order valence-electron chi connectivity index (χ2n) is 7.67. The Hall–Kier alpha value is -3.29. The first-order valence-electron chi connectivity index (χ1n) is 9.95. The first-order valence-corrected chi connectivity index (χ1v) is 9.95. The molecule has 1 atom stereocenters. The van der Waals surface area contributed by atoms with E-state index in [1.807, 2.05) is 12.1 Å². The molecule has 1 saturated carbocycles. The minimum Gasteiger partial charge on any atom is -0.355 e. The number of carbonyl (C=O) groups is 1. The highest BCUT2D eigenvalue weighted by molar-refractivity contribution is 5.93. The first kappa shape index (κ1) is 17.8. The number of nitrogens with zero attached hydrogens (tertiary/aromatic N) is 5. The van der Waals surface area contributed by atoms with Crippen LogP contribution < -0.4 is 5.56 Å².